The number of nitrogens with one attached hydrogen (secondary N) is 2. The molecule has 3 aliphatic rings. The fourth-order valence-electron chi connectivity index (χ4n) is 5.07. The predicted molar refractivity (Wildman–Crippen MR) is 124 cm³/mol. The highest BCUT2D eigenvalue weighted by Gasteiger charge is 2.44. The van der Waals surface area contributed by atoms with Crippen LogP contribution in [0.15, 0.2) is 36.4 Å². The summed E-state index contributed by atoms with van der Waals surface area (Å²) in [5, 5.41) is 5.29. The summed E-state index contributed by atoms with van der Waals surface area (Å²) >= 11 is 0. The Bertz CT molecular complexity index is 1230. The van der Waals surface area contributed by atoms with Crippen LogP contribution in [0.2, 0.25) is 0 Å². The van der Waals surface area contributed by atoms with Gasteiger partial charge in [-0.25, -0.2) is 32.5 Å². The molecule has 1 unspecified atom stereocenters. The van der Waals surface area contributed by atoms with Crippen molar-refractivity contribution in [2.24, 2.45) is 0 Å². The molecule has 2 fully saturated rings. The third-order valence-electron chi connectivity index (χ3n) is 7.01. The van der Waals surface area contributed by atoms with E-state index in [0.717, 1.165) is 17.0 Å². The van der Waals surface area contributed by atoms with Gasteiger partial charge in [0.1, 0.15) is 24.1 Å². The summed E-state index contributed by atoms with van der Waals surface area (Å²) in [5.41, 5.74) is 0.556. The molecular weight excluding hydrogens is 493 g/mol. The largest absolute Gasteiger partial charge is 0.446 e. The summed E-state index contributed by atoms with van der Waals surface area (Å²) < 4.78 is 51.4. The maximum atomic E-state index is 13.9. The molecule has 9 nitrogen and oxygen atoms in total. The number of carbonyl (C=O) groups is 3. The Hall–Kier alpha value is -3.80. The smallest absolute Gasteiger partial charge is 0.418 e. The lowest BCUT2D eigenvalue weighted by Gasteiger charge is -2.44. The van der Waals surface area contributed by atoms with E-state index < -0.39 is 47.3 Å². The minimum Gasteiger partial charge on any atom is -0.446 e. The van der Waals surface area contributed by atoms with Gasteiger partial charge in [0.2, 0.25) is 0 Å². The number of piperidine rings is 1. The van der Waals surface area contributed by atoms with Gasteiger partial charge in [-0.1, -0.05) is 6.07 Å². The van der Waals surface area contributed by atoms with Crippen molar-refractivity contribution in [1.29, 1.82) is 0 Å². The molecule has 3 aliphatic heterocycles. The Morgan fingerprint density at radius 3 is 2.62 bits per heavy atom. The third-order valence-corrected chi connectivity index (χ3v) is 7.01. The molecule has 2 saturated heterocycles. The number of fused-ring (bicyclic) bond motifs is 2. The van der Waals surface area contributed by atoms with Crippen LogP contribution in [-0.2, 0) is 15.1 Å². The van der Waals surface area contributed by atoms with Crippen molar-refractivity contribution in [3.8, 4) is 0 Å². The molecule has 196 valence electrons. The summed E-state index contributed by atoms with van der Waals surface area (Å²) in [5.74, 6) is -2.50. The van der Waals surface area contributed by atoms with Crippen molar-refractivity contribution in [1.82, 2.24) is 15.1 Å². The fraction of sp³-hybridized carbons (Fsp3) is 0.400. The van der Waals surface area contributed by atoms with Gasteiger partial charge in [0.05, 0.1) is 5.69 Å². The number of nitrogens with zero attached hydrogens (tertiary/aromatic N) is 2. The molecule has 2 aromatic rings. The maximum Gasteiger partial charge on any atom is 0.418 e. The fourth-order valence-corrected chi connectivity index (χ4v) is 5.07. The van der Waals surface area contributed by atoms with Gasteiger partial charge in [-0.15, -0.1) is 0 Å². The molecule has 0 aliphatic carbocycles. The Labute approximate surface area is 210 Å². The van der Waals surface area contributed by atoms with Gasteiger partial charge in [-0.05, 0) is 48.9 Å². The molecule has 0 bridgehead atoms. The summed E-state index contributed by atoms with van der Waals surface area (Å²) in [6, 6.07) is 5.87. The maximum absolute atomic E-state index is 13.9. The first-order chi connectivity index (χ1) is 17.8. The summed E-state index contributed by atoms with van der Waals surface area (Å²) in [6.45, 7) is 1.96. The summed E-state index contributed by atoms with van der Waals surface area (Å²) in [4.78, 5) is 39.9. The Morgan fingerprint density at radius 2 is 1.86 bits per heavy atom. The second-order valence-electron chi connectivity index (χ2n) is 9.26. The van der Waals surface area contributed by atoms with E-state index in [1.165, 1.54) is 24.3 Å². The molecule has 3 heterocycles. The van der Waals surface area contributed by atoms with E-state index in [4.69, 9.17) is 9.47 Å². The highest BCUT2D eigenvalue weighted by atomic mass is 19.2. The van der Waals surface area contributed by atoms with E-state index in [1.807, 2.05) is 0 Å². The van der Waals surface area contributed by atoms with Crippen LogP contribution in [0.5, 0.6) is 0 Å². The van der Waals surface area contributed by atoms with Crippen molar-refractivity contribution in [2.45, 2.75) is 30.9 Å². The number of cyclic esters (lactones) is 1. The van der Waals surface area contributed by atoms with Crippen LogP contribution >= 0.6 is 0 Å². The molecule has 0 aromatic heterocycles. The third kappa shape index (κ3) is 4.93. The molecule has 1 atom stereocenters. The van der Waals surface area contributed by atoms with Crippen LogP contribution in [0.1, 0.15) is 36.4 Å². The molecule has 2 aromatic carbocycles. The molecule has 2 N–H and O–H groups in total. The zero-order valence-electron chi connectivity index (χ0n) is 19.8. The number of urea groups is 1. The lowest BCUT2D eigenvalue weighted by atomic mass is 9.82. The minimum atomic E-state index is -1.08. The monoisotopic (exact) mass is 518 g/mol. The van der Waals surface area contributed by atoms with E-state index in [1.54, 1.807) is 0 Å². The molecule has 12 heteroatoms. The van der Waals surface area contributed by atoms with Crippen molar-refractivity contribution >= 4 is 23.9 Å². The van der Waals surface area contributed by atoms with E-state index in [2.05, 4.69) is 15.5 Å². The standard InChI is InChI=1S/C25H25F3N4O5/c26-16-3-5-20-17(13-16)25(37-23(34)30-20)6-10-31(11-7-25)9-1-8-29-22(33)32-21(14-36-24(32)35)15-2-4-18(27)19(28)12-15/h2-5,12-13,21H,1,6-11,14H2,(H,29,33)(H,30,34). The number of hydrogen-bond acceptors (Lipinski definition) is 6. The lowest BCUT2D eigenvalue weighted by molar-refractivity contribution is -0.0380. The van der Waals surface area contributed by atoms with Crippen LogP contribution < -0.4 is 10.6 Å². The van der Waals surface area contributed by atoms with Gasteiger partial charge in [0.15, 0.2) is 11.6 Å². The number of amides is 4. The quantitative estimate of drug-likeness (QED) is 0.575. The molecule has 0 radical (unpaired) electrons. The van der Waals surface area contributed by atoms with Crippen LogP contribution in [0.4, 0.5) is 33.2 Å². The zero-order valence-corrected chi connectivity index (χ0v) is 19.8. The number of carbonyl (C=O) groups excluding carboxylic acids is 3. The molecule has 0 saturated carbocycles. The molecule has 1 spiro atoms. The van der Waals surface area contributed by atoms with E-state index in [9.17, 15) is 27.6 Å². The number of imide groups is 1. The number of hydrogen-bond donors (Lipinski definition) is 2. The summed E-state index contributed by atoms with van der Waals surface area (Å²) in [7, 11) is 0. The average Bonchev–Trinajstić information content (AvgIpc) is 3.26. The highest BCUT2D eigenvalue weighted by Crippen LogP contribution is 2.43. The first-order valence-corrected chi connectivity index (χ1v) is 12.0. The molecule has 4 amide bonds. The van der Waals surface area contributed by atoms with Crippen LogP contribution in [0.3, 0.4) is 0 Å². The van der Waals surface area contributed by atoms with Crippen LogP contribution in [-0.4, -0.2) is 60.8 Å². The molecule has 5 rings (SSSR count). The van der Waals surface area contributed by atoms with Crippen molar-refractivity contribution < 1.29 is 37.0 Å². The lowest BCUT2D eigenvalue weighted by Crippen LogP contribution is -2.49. The molecule has 37 heavy (non-hydrogen) atoms. The second kappa shape index (κ2) is 9.92. The van der Waals surface area contributed by atoms with E-state index in [0.29, 0.717) is 50.1 Å². The molecular formula is C25H25F3N4O5. The van der Waals surface area contributed by atoms with Gasteiger partial charge in [-0.3, -0.25) is 5.32 Å². The van der Waals surface area contributed by atoms with Crippen LogP contribution in [0, 0.1) is 17.5 Å². The zero-order chi connectivity index (χ0) is 26.2. The number of benzene rings is 2. The van der Waals surface area contributed by atoms with E-state index >= 15 is 0 Å². The SMILES string of the molecule is O=C1Nc2ccc(F)cc2C2(CCN(CCCNC(=O)N3C(=O)OCC3c3ccc(F)c(F)c3)CC2)O1. The number of rotatable bonds is 5. The number of halogens is 3. The minimum absolute atomic E-state index is 0.153. The first kappa shape index (κ1) is 24.9. The van der Waals surface area contributed by atoms with Crippen LogP contribution in [0.25, 0.3) is 0 Å². The number of ether oxygens (including phenoxy) is 2. The average molecular weight is 518 g/mol. The van der Waals surface area contributed by atoms with E-state index in [-0.39, 0.29) is 18.7 Å². The first-order valence-electron chi connectivity index (χ1n) is 12.0. The predicted octanol–water partition coefficient (Wildman–Crippen LogP) is 4.25. The van der Waals surface area contributed by atoms with Crippen molar-refractivity contribution in [3.63, 3.8) is 0 Å². The van der Waals surface area contributed by atoms with Gasteiger partial charge in [-0.2, -0.15) is 0 Å². The van der Waals surface area contributed by atoms with Crippen molar-refractivity contribution in [3.05, 3.63) is 65.0 Å². The highest BCUT2D eigenvalue weighted by molar-refractivity contribution is 5.92. The van der Waals surface area contributed by atoms with Crippen molar-refractivity contribution in [2.75, 3.05) is 38.1 Å². The number of likely N-dealkylation sites (tertiary alicyclic amines) is 1. The Kier molecular flexibility index (Phi) is 6.67. The van der Waals surface area contributed by atoms with Gasteiger partial charge < -0.3 is 19.7 Å². The Balaban J connectivity index is 1.12. The Morgan fingerprint density at radius 1 is 1.08 bits per heavy atom. The van der Waals surface area contributed by atoms with Gasteiger partial charge >= 0.3 is 18.2 Å². The topological polar surface area (TPSA) is 100 Å². The second-order valence-corrected chi connectivity index (χ2v) is 9.26. The van der Waals surface area contributed by atoms with Gasteiger partial charge in [0, 0.05) is 38.0 Å². The number of anilines is 1. The van der Waals surface area contributed by atoms with Gasteiger partial charge in [0.25, 0.3) is 0 Å². The normalized spacial score (nSPS) is 20.7. The summed E-state index contributed by atoms with van der Waals surface area (Å²) in [6.07, 6.45) is 0.154.